The van der Waals surface area contributed by atoms with Gasteiger partial charge in [0.15, 0.2) is 0 Å². The molecule has 1 aliphatic rings. The SMILES string of the molecule is COCCN1C[C@@H](NC(=O)Nc2cc3ccc(OC)cc3nc2-c2ccccc2)[C@H](c2ccccc2)C1. The largest absolute Gasteiger partial charge is 0.497 e. The molecule has 5 rings (SSSR count). The number of carbonyl (C=O) groups excluding carboxylic acids is 1. The average molecular weight is 497 g/mol. The van der Waals surface area contributed by atoms with Crippen LogP contribution < -0.4 is 15.4 Å². The van der Waals surface area contributed by atoms with Crippen molar-refractivity contribution in [2.75, 3.05) is 45.8 Å². The monoisotopic (exact) mass is 496 g/mol. The van der Waals surface area contributed by atoms with Gasteiger partial charge in [-0.15, -0.1) is 0 Å². The van der Waals surface area contributed by atoms with E-state index in [1.54, 1.807) is 14.2 Å². The van der Waals surface area contributed by atoms with Crippen LogP contribution in [-0.2, 0) is 4.74 Å². The molecule has 0 aliphatic carbocycles. The average Bonchev–Trinajstić information content (AvgIpc) is 3.34. The Kier molecular flexibility index (Phi) is 7.63. The zero-order valence-electron chi connectivity index (χ0n) is 21.2. The highest BCUT2D eigenvalue weighted by Gasteiger charge is 2.34. The summed E-state index contributed by atoms with van der Waals surface area (Å²) in [6.45, 7) is 3.12. The molecular weight excluding hydrogens is 464 g/mol. The Bertz CT molecular complexity index is 1350. The van der Waals surface area contributed by atoms with Crippen LogP contribution in [0.5, 0.6) is 5.75 Å². The van der Waals surface area contributed by atoms with E-state index in [4.69, 9.17) is 14.5 Å². The van der Waals surface area contributed by atoms with E-state index in [1.807, 2.05) is 72.8 Å². The zero-order chi connectivity index (χ0) is 25.6. The smallest absolute Gasteiger partial charge is 0.319 e. The molecule has 0 radical (unpaired) electrons. The molecule has 0 unspecified atom stereocenters. The fraction of sp³-hybridized carbons (Fsp3) is 0.267. The van der Waals surface area contributed by atoms with E-state index in [9.17, 15) is 4.79 Å². The van der Waals surface area contributed by atoms with Crippen molar-refractivity contribution < 1.29 is 14.3 Å². The van der Waals surface area contributed by atoms with Gasteiger partial charge < -0.3 is 20.1 Å². The molecule has 7 nitrogen and oxygen atoms in total. The molecule has 190 valence electrons. The number of ether oxygens (including phenoxy) is 2. The third-order valence-electron chi connectivity index (χ3n) is 6.87. The number of nitrogens with one attached hydrogen (secondary N) is 2. The number of pyridine rings is 1. The van der Waals surface area contributed by atoms with Crippen LogP contribution in [0.1, 0.15) is 11.5 Å². The summed E-state index contributed by atoms with van der Waals surface area (Å²) in [5.41, 5.74) is 4.32. The molecule has 2 amide bonds. The molecule has 2 atom stereocenters. The maximum absolute atomic E-state index is 13.4. The van der Waals surface area contributed by atoms with Gasteiger partial charge in [-0.1, -0.05) is 60.7 Å². The van der Waals surface area contributed by atoms with Crippen molar-refractivity contribution in [2.45, 2.75) is 12.0 Å². The van der Waals surface area contributed by atoms with Gasteiger partial charge in [-0.25, -0.2) is 9.78 Å². The number of rotatable bonds is 8. The number of aromatic nitrogens is 1. The topological polar surface area (TPSA) is 75.7 Å². The van der Waals surface area contributed by atoms with Crippen LogP contribution in [0.15, 0.2) is 84.9 Å². The minimum atomic E-state index is -0.244. The zero-order valence-corrected chi connectivity index (χ0v) is 21.2. The number of anilines is 1. The van der Waals surface area contributed by atoms with Crippen molar-refractivity contribution in [3.63, 3.8) is 0 Å². The minimum absolute atomic E-state index is 0.0305. The van der Waals surface area contributed by atoms with E-state index >= 15 is 0 Å². The number of amides is 2. The molecule has 0 spiro atoms. The minimum Gasteiger partial charge on any atom is -0.497 e. The van der Waals surface area contributed by atoms with Crippen LogP contribution in [0.3, 0.4) is 0 Å². The summed E-state index contributed by atoms with van der Waals surface area (Å²) in [6.07, 6.45) is 0. The van der Waals surface area contributed by atoms with Crippen molar-refractivity contribution in [3.05, 3.63) is 90.5 Å². The number of urea groups is 1. The van der Waals surface area contributed by atoms with Crippen LogP contribution >= 0.6 is 0 Å². The summed E-state index contributed by atoms with van der Waals surface area (Å²) in [5, 5.41) is 7.27. The molecule has 0 bridgehead atoms. The number of hydrogen-bond acceptors (Lipinski definition) is 5. The van der Waals surface area contributed by atoms with Gasteiger partial charge in [-0.05, 0) is 23.8 Å². The van der Waals surface area contributed by atoms with Crippen LogP contribution in [-0.4, -0.2) is 62.4 Å². The van der Waals surface area contributed by atoms with E-state index in [1.165, 1.54) is 5.56 Å². The summed E-state index contributed by atoms with van der Waals surface area (Å²) >= 11 is 0. The van der Waals surface area contributed by atoms with Crippen molar-refractivity contribution in [1.29, 1.82) is 0 Å². The third-order valence-corrected chi connectivity index (χ3v) is 6.87. The van der Waals surface area contributed by atoms with Gasteiger partial charge in [0, 0.05) is 49.7 Å². The van der Waals surface area contributed by atoms with Gasteiger partial charge in [-0.3, -0.25) is 4.90 Å². The fourth-order valence-electron chi connectivity index (χ4n) is 4.98. The molecule has 1 saturated heterocycles. The number of fused-ring (bicyclic) bond motifs is 1. The molecule has 1 fully saturated rings. The van der Waals surface area contributed by atoms with Gasteiger partial charge >= 0.3 is 6.03 Å². The molecule has 4 aromatic rings. The predicted octanol–water partition coefficient (Wildman–Crippen LogP) is 5.15. The molecule has 0 saturated carbocycles. The van der Waals surface area contributed by atoms with Crippen LogP contribution in [0.25, 0.3) is 22.2 Å². The summed E-state index contributed by atoms with van der Waals surface area (Å²) in [6, 6.07) is 27.7. The molecule has 37 heavy (non-hydrogen) atoms. The highest BCUT2D eigenvalue weighted by Crippen LogP contribution is 2.32. The van der Waals surface area contributed by atoms with Gasteiger partial charge in [0.2, 0.25) is 0 Å². The number of hydrogen-bond donors (Lipinski definition) is 2. The second-order valence-corrected chi connectivity index (χ2v) is 9.28. The normalized spacial score (nSPS) is 17.6. The standard InChI is InChI=1S/C30H32N4O3/c1-36-16-15-34-19-25(21-9-5-3-6-10-21)28(20-34)33-30(35)32-27-17-23-13-14-24(37-2)18-26(23)31-29(27)22-11-7-4-8-12-22/h3-14,17-18,25,28H,15-16,19-20H2,1-2H3,(H2,32,33,35)/t25-,28+/m0/s1. The third kappa shape index (κ3) is 5.74. The fourth-order valence-corrected chi connectivity index (χ4v) is 4.98. The lowest BCUT2D eigenvalue weighted by atomic mass is 9.94. The Hall–Kier alpha value is -3.94. The molecular formula is C30H32N4O3. The molecule has 2 N–H and O–H groups in total. The van der Waals surface area contributed by atoms with Gasteiger partial charge in [0.25, 0.3) is 0 Å². The summed E-state index contributed by atoms with van der Waals surface area (Å²) in [7, 11) is 3.35. The number of benzene rings is 3. The first kappa shape index (κ1) is 24.7. The van der Waals surface area contributed by atoms with Gasteiger partial charge in [0.1, 0.15) is 5.75 Å². The summed E-state index contributed by atoms with van der Waals surface area (Å²) < 4.78 is 10.7. The molecule has 7 heteroatoms. The quantitative estimate of drug-likeness (QED) is 0.353. The molecule has 2 heterocycles. The lowest BCUT2D eigenvalue weighted by molar-refractivity contribution is 0.159. The highest BCUT2D eigenvalue weighted by molar-refractivity contribution is 5.98. The highest BCUT2D eigenvalue weighted by atomic mass is 16.5. The second-order valence-electron chi connectivity index (χ2n) is 9.28. The van der Waals surface area contributed by atoms with Crippen molar-refractivity contribution in [3.8, 4) is 17.0 Å². The molecule has 3 aromatic carbocycles. The van der Waals surface area contributed by atoms with E-state index < -0.39 is 0 Å². The first-order chi connectivity index (χ1) is 18.1. The van der Waals surface area contributed by atoms with Crippen molar-refractivity contribution in [1.82, 2.24) is 15.2 Å². The van der Waals surface area contributed by atoms with Gasteiger partial charge in [0.05, 0.1) is 36.7 Å². The first-order valence-electron chi connectivity index (χ1n) is 12.5. The van der Waals surface area contributed by atoms with Crippen molar-refractivity contribution in [2.24, 2.45) is 0 Å². The maximum Gasteiger partial charge on any atom is 0.319 e. The van der Waals surface area contributed by atoms with Crippen LogP contribution in [0.4, 0.5) is 10.5 Å². The molecule has 1 aromatic heterocycles. The second kappa shape index (κ2) is 11.4. The number of carbonyl (C=O) groups is 1. The van der Waals surface area contributed by atoms with Crippen LogP contribution in [0.2, 0.25) is 0 Å². The Labute approximate surface area is 217 Å². The van der Waals surface area contributed by atoms with E-state index in [0.29, 0.717) is 18.0 Å². The van der Waals surface area contributed by atoms with Crippen molar-refractivity contribution >= 4 is 22.6 Å². The number of methoxy groups -OCH3 is 2. The molecule has 1 aliphatic heterocycles. The summed E-state index contributed by atoms with van der Waals surface area (Å²) in [5.74, 6) is 0.934. The van der Waals surface area contributed by atoms with E-state index in [2.05, 4.69) is 27.7 Å². The number of nitrogens with zero attached hydrogens (tertiary/aromatic N) is 2. The Balaban J connectivity index is 1.41. The lowest BCUT2D eigenvalue weighted by Gasteiger charge is -2.21. The van der Waals surface area contributed by atoms with E-state index in [0.717, 1.165) is 41.9 Å². The number of likely N-dealkylation sites (tertiary alicyclic amines) is 1. The van der Waals surface area contributed by atoms with E-state index in [-0.39, 0.29) is 18.0 Å². The Morgan fingerprint density at radius 1 is 0.973 bits per heavy atom. The lowest BCUT2D eigenvalue weighted by Crippen LogP contribution is -2.42. The first-order valence-corrected chi connectivity index (χ1v) is 12.5. The van der Waals surface area contributed by atoms with Gasteiger partial charge in [-0.2, -0.15) is 0 Å². The Morgan fingerprint density at radius 2 is 1.73 bits per heavy atom. The predicted molar refractivity (Wildman–Crippen MR) is 147 cm³/mol. The summed E-state index contributed by atoms with van der Waals surface area (Å²) in [4.78, 5) is 20.6. The maximum atomic E-state index is 13.4. The Morgan fingerprint density at radius 3 is 2.46 bits per heavy atom. The van der Waals surface area contributed by atoms with Crippen LogP contribution in [0, 0.1) is 0 Å².